The summed E-state index contributed by atoms with van der Waals surface area (Å²) in [4.78, 5) is 21.8. The van der Waals surface area contributed by atoms with Gasteiger partial charge in [0, 0.05) is 20.0 Å². The number of rotatable bonds is 7. The van der Waals surface area contributed by atoms with E-state index < -0.39 is 22.0 Å². The van der Waals surface area contributed by atoms with Crippen molar-refractivity contribution in [3.8, 4) is 0 Å². The number of hydrogen-bond acceptors (Lipinski definition) is 4. The number of carboxylic acid groups (broad SMARTS) is 1. The van der Waals surface area contributed by atoms with Crippen molar-refractivity contribution in [1.29, 1.82) is 0 Å². The molecule has 0 aliphatic heterocycles. The molecule has 128 valence electrons. The lowest BCUT2D eigenvalue weighted by atomic mass is 10.3. The van der Waals surface area contributed by atoms with Gasteiger partial charge in [0.25, 0.3) is 0 Å². The molecule has 10 heteroatoms. The summed E-state index contributed by atoms with van der Waals surface area (Å²) in [6.45, 7) is 2.24. The van der Waals surface area contributed by atoms with Gasteiger partial charge < -0.3 is 10.4 Å². The SMILES string of the molecule is CC(=O)NCCN(C(C)C(=O)O)S(=O)(=O)c1cccc(Cl)c1Cl. The predicted molar refractivity (Wildman–Crippen MR) is 86.1 cm³/mol. The summed E-state index contributed by atoms with van der Waals surface area (Å²) in [6, 6.07) is 2.72. The molecule has 0 saturated heterocycles. The van der Waals surface area contributed by atoms with Gasteiger partial charge in [-0.25, -0.2) is 8.42 Å². The first-order valence-electron chi connectivity index (χ1n) is 6.52. The van der Waals surface area contributed by atoms with Gasteiger partial charge in [0.2, 0.25) is 15.9 Å². The molecule has 0 radical (unpaired) electrons. The van der Waals surface area contributed by atoms with E-state index in [1.165, 1.54) is 32.0 Å². The number of nitrogens with one attached hydrogen (secondary N) is 1. The molecule has 1 amide bonds. The van der Waals surface area contributed by atoms with Crippen LogP contribution in [0, 0.1) is 0 Å². The van der Waals surface area contributed by atoms with Crippen LogP contribution >= 0.6 is 23.2 Å². The van der Waals surface area contributed by atoms with Crippen LogP contribution in [0.15, 0.2) is 23.1 Å². The number of aliphatic carboxylic acids is 1. The van der Waals surface area contributed by atoms with Crippen molar-refractivity contribution in [2.45, 2.75) is 24.8 Å². The smallest absolute Gasteiger partial charge is 0.321 e. The molecule has 0 aromatic heterocycles. The number of hydrogen-bond donors (Lipinski definition) is 2. The van der Waals surface area contributed by atoms with Crippen LogP contribution in [0.25, 0.3) is 0 Å². The minimum atomic E-state index is -4.21. The molecule has 0 heterocycles. The van der Waals surface area contributed by atoms with Crippen molar-refractivity contribution in [1.82, 2.24) is 9.62 Å². The van der Waals surface area contributed by atoms with Gasteiger partial charge in [-0.2, -0.15) is 4.31 Å². The first-order chi connectivity index (χ1) is 10.6. The van der Waals surface area contributed by atoms with E-state index in [2.05, 4.69) is 5.32 Å². The van der Waals surface area contributed by atoms with Gasteiger partial charge in [-0.05, 0) is 19.1 Å². The van der Waals surface area contributed by atoms with Gasteiger partial charge in [-0.15, -0.1) is 0 Å². The third kappa shape index (κ3) is 4.81. The third-order valence-electron chi connectivity index (χ3n) is 3.00. The Morgan fingerprint density at radius 2 is 1.96 bits per heavy atom. The molecule has 7 nitrogen and oxygen atoms in total. The maximum Gasteiger partial charge on any atom is 0.321 e. The van der Waals surface area contributed by atoms with Crippen molar-refractivity contribution in [3.05, 3.63) is 28.2 Å². The molecule has 1 atom stereocenters. The van der Waals surface area contributed by atoms with E-state index in [1.807, 2.05) is 0 Å². The average molecular weight is 383 g/mol. The van der Waals surface area contributed by atoms with Crippen LogP contribution in [0.2, 0.25) is 10.0 Å². The normalized spacial score (nSPS) is 12.9. The maximum absolute atomic E-state index is 12.7. The Morgan fingerprint density at radius 1 is 1.35 bits per heavy atom. The summed E-state index contributed by atoms with van der Waals surface area (Å²) in [5.41, 5.74) is 0. The van der Waals surface area contributed by atoms with Crippen LogP contribution in [-0.4, -0.2) is 48.8 Å². The molecule has 23 heavy (non-hydrogen) atoms. The largest absolute Gasteiger partial charge is 0.480 e. The molecule has 1 aromatic carbocycles. The summed E-state index contributed by atoms with van der Waals surface area (Å²) in [6.07, 6.45) is 0. The van der Waals surface area contributed by atoms with E-state index >= 15 is 0 Å². The summed E-state index contributed by atoms with van der Waals surface area (Å²) in [5, 5.41) is 11.4. The summed E-state index contributed by atoms with van der Waals surface area (Å²) in [7, 11) is -4.21. The quantitative estimate of drug-likeness (QED) is 0.744. The second kappa shape index (κ2) is 7.96. The number of sulfonamides is 1. The fourth-order valence-corrected chi connectivity index (χ4v) is 4.12. The lowest BCUT2D eigenvalue weighted by molar-refractivity contribution is -0.140. The van der Waals surface area contributed by atoms with Crippen molar-refractivity contribution in [2.24, 2.45) is 0 Å². The number of nitrogens with zero attached hydrogens (tertiary/aromatic N) is 1. The predicted octanol–water partition coefficient (Wildman–Crippen LogP) is 1.59. The van der Waals surface area contributed by atoms with Crippen molar-refractivity contribution < 1.29 is 23.1 Å². The second-order valence-corrected chi connectivity index (χ2v) is 7.31. The first-order valence-corrected chi connectivity index (χ1v) is 8.71. The zero-order valence-corrected chi connectivity index (χ0v) is 14.7. The van der Waals surface area contributed by atoms with Crippen LogP contribution < -0.4 is 5.32 Å². The van der Waals surface area contributed by atoms with Gasteiger partial charge in [-0.1, -0.05) is 29.3 Å². The third-order valence-corrected chi connectivity index (χ3v) is 5.94. The first kappa shape index (κ1) is 19.7. The Kier molecular flexibility index (Phi) is 6.82. The summed E-state index contributed by atoms with van der Waals surface area (Å²) >= 11 is 11.8. The molecule has 0 aliphatic carbocycles. The molecule has 0 fully saturated rings. The summed E-state index contributed by atoms with van der Waals surface area (Å²) in [5.74, 6) is -1.68. The van der Waals surface area contributed by atoms with Gasteiger partial charge in [0.05, 0.1) is 10.0 Å². The second-order valence-electron chi connectivity index (χ2n) is 4.66. The Balaban J connectivity index is 3.25. The Hall–Kier alpha value is -1.35. The average Bonchev–Trinajstić information content (AvgIpc) is 2.45. The Bertz CT molecular complexity index is 708. The van der Waals surface area contributed by atoms with Crippen LogP contribution in [-0.2, 0) is 19.6 Å². The van der Waals surface area contributed by atoms with Gasteiger partial charge >= 0.3 is 5.97 Å². The van der Waals surface area contributed by atoms with Crippen LogP contribution in [0.4, 0.5) is 0 Å². The lowest BCUT2D eigenvalue weighted by Crippen LogP contribution is -2.46. The number of amides is 1. The van der Waals surface area contributed by atoms with E-state index in [-0.39, 0.29) is 33.9 Å². The Labute approximate surface area is 144 Å². The number of carboxylic acids is 1. The van der Waals surface area contributed by atoms with E-state index in [0.717, 1.165) is 4.31 Å². The fourth-order valence-electron chi connectivity index (χ4n) is 1.80. The van der Waals surface area contributed by atoms with Crippen molar-refractivity contribution in [2.75, 3.05) is 13.1 Å². The molecule has 0 saturated carbocycles. The molecule has 2 N–H and O–H groups in total. The topological polar surface area (TPSA) is 104 Å². The number of halogens is 2. The number of benzene rings is 1. The minimum Gasteiger partial charge on any atom is -0.480 e. The van der Waals surface area contributed by atoms with Crippen molar-refractivity contribution in [3.63, 3.8) is 0 Å². The standard InChI is InChI=1S/C13H16Cl2N2O5S/c1-8(13(19)20)17(7-6-16-9(2)18)23(21,22)11-5-3-4-10(14)12(11)15/h3-5,8H,6-7H2,1-2H3,(H,16,18)(H,19,20). The van der Waals surface area contributed by atoms with Gasteiger partial charge in [0.15, 0.2) is 0 Å². The zero-order chi connectivity index (χ0) is 17.8. The lowest BCUT2D eigenvalue weighted by Gasteiger charge is -2.26. The van der Waals surface area contributed by atoms with Crippen LogP contribution in [0.5, 0.6) is 0 Å². The van der Waals surface area contributed by atoms with Crippen LogP contribution in [0.3, 0.4) is 0 Å². The van der Waals surface area contributed by atoms with E-state index in [9.17, 15) is 18.0 Å². The minimum absolute atomic E-state index is 0.0373. The molecular formula is C13H16Cl2N2O5S. The number of carbonyl (C=O) groups excluding carboxylic acids is 1. The highest BCUT2D eigenvalue weighted by Gasteiger charge is 2.34. The van der Waals surface area contributed by atoms with Gasteiger partial charge in [-0.3, -0.25) is 9.59 Å². The van der Waals surface area contributed by atoms with Crippen LogP contribution in [0.1, 0.15) is 13.8 Å². The summed E-state index contributed by atoms with van der Waals surface area (Å²) < 4.78 is 26.2. The monoisotopic (exact) mass is 382 g/mol. The molecule has 0 spiro atoms. The molecule has 0 bridgehead atoms. The fraction of sp³-hybridized carbons (Fsp3) is 0.385. The van der Waals surface area contributed by atoms with E-state index in [1.54, 1.807) is 0 Å². The van der Waals surface area contributed by atoms with E-state index in [4.69, 9.17) is 28.3 Å². The highest BCUT2D eigenvalue weighted by atomic mass is 35.5. The molecule has 1 rings (SSSR count). The molecular weight excluding hydrogens is 367 g/mol. The molecule has 1 aromatic rings. The maximum atomic E-state index is 12.7. The highest BCUT2D eigenvalue weighted by Crippen LogP contribution is 2.31. The molecule has 1 unspecified atom stereocenters. The van der Waals surface area contributed by atoms with E-state index in [0.29, 0.717) is 0 Å². The Morgan fingerprint density at radius 3 is 2.48 bits per heavy atom. The van der Waals surface area contributed by atoms with Gasteiger partial charge in [0.1, 0.15) is 10.9 Å². The highest BCUT2D eigenvalue weighted by molar-refractivity contribution is 7.89. The molecule has 0 aliphatic rings. The van der Waals surface area contributed by atoms with Crippen molar-refractivity contribution >= 4 is 45.1 Å². The number of carbonyl (C=O) groups is 2. The zero-order valence-electron chi connectivity index (χ0n) is 12.4.